The number of rotatable bonds is 6. The second kappa shape index (κ2) is 7.44. The molecule has 25 heavy (non-hydrogen) atoms. The Balaban J connectivity index is 1.75. The van der Waals surface area contributed by atoms with Crippen LogP contribution < -0.4 is 10.6 Å². The van der Waals surface area contributed by atoms with Gasteiger partial charge in [0.05, 0.1) is 17.7 Å². The number of amides is 2. The summed E-state index contributed by atoms with van der Waals surface area (Å²) < 4.78 is 5.20. The van der Waals surface area contributed by atoms with Crippen molar-refractivity contribution in [3.63, 3.8) is 0 Å². The van der Waals surface area contributed by atoms with Crippen molar-refractivity contribution in [3.8, 4) is 0 Å². The van der Waals surface area contributed by atoms with Crippen molar-refractivity contribution < 1.29 is 14.1 Å². The summed E-state index contributed by atoms with van der Waals surface area (Å²) in [4.78, 5) is 24.5. The number of nitrogens with one attached hydrogen (secondary N) is 2. The number of anilines is 1. The highest BCUT2D eigenvalue weighted by Gasteiger charge is 2.15. The molecule has 1 heterocycles. The van der Waals surface area contributed by atoms with E-state index in [4.69, 9.17) is 4.52 Å². The minimum absolute atomic E-state index is 0.0552. The molecule has 2 N–H and O–H groups in total. The van der Waals surface area contributed by atoms with E-state index >= 15 is 0 Å². The summed E-state index contributed by atoms with van der Waals surface area (Å²) in [6.07, 6.45) is 1.65. The van der Waals surface area contributed by atoms with Crippen molar-refractivity contribution in [3.05, 3.63) is 72.4 Å². The Morgan fingerprint density at radius 3 is 2.72 bits per heavy atom. The van der Waals surface area contributed by atoms with Gasteiger partial charge in [-0.25, -0.2) is 0 Å². The molecule has 0 saturated heterocycles. The minimum Gasteiger partial charge on any atom is -0.356 e. The van der Waals surface area contributed by atoms with Gasteiger partial charge in [0.2, 0.25) is 5.91 Å². The zero-order valence-corrected chi connectivity index (χ0v) is 13.5. The maximum Gasteiger partial charge on any atom is 0.253 e. The molecule has 0 spiro atoms. The predicted octanol–water partition coefficient (Wildman–Crippen LogP) is 2.92. The van der Waals surface area contributed by atoms with E-state index in [1.807, 2.05) is 18.2 Å². The van der Waals surface area contributed by atoms with E-state index < -0.39 is 0 Å². The van der Waals surface area contributed by atoms with Crippen LogP contribution in [0.2, 0.25) is 0 Å². The van der Waals surface area contributed by atoms with E-state index in [1.165, 1.54) is 0 Å². The van der Waals surface area contributed by atoms with E-state index in [1.54, 1.807) is 36.4 Å². The Morgan fingerprint density at radius 1 is 1.12 bits per heavy atom. The first-order chi connectivity index (χ1) is 12.2. The second-order valence-corrected chi connectivity index (χ2v) is 5.39. The fraction of sp³-hybridized carbons (Fsp3) is 0.105. The molecule has 1 aromatic heterocycles. The summed E-state index contributed by atoms with van der Waals surface area (Å²) in [5, 5.41) is 10.2. The van der Waals surface area contributed by atoms with Crippen molar-refractivity contribution in [1.82, 2.24) is 10.5 Å². The molecule has 0 unspecified atom stereocenters. The van der Waals surface area contributed by atoms with Gasteiger partial charge < -0.3 is 15.2 Å². The third-order valence-electron chi connectivity index (χ3n) is 3.63. The van der Waals surface area contributed by atoms with E-state index in [2.05, 4.69) is 22.4 Å². The number of benzene rings is 2. The Labute approximate surface area is 144 Å². The monoisotopic (exact) mass is 335 g/mol. The number of hydrogen-bond acceptors (Lipinski definition) is 4. The van der Waals surface area contributed by atoms with Gasteiger partial charge in [-0.15, -0.1) is 6.58 Å². The van der Waals surface area contributed by atoms with Crippen molar-refractivity contribution in [2.75, 3.05) is 11.9 Å². The van der Waals surface area contributed by atoms with Crippen LogP contribution >= 0.6 is 0 Å². The quantitative estimate of drug-likeness (QED) is 0.678. The first-order valence-electron chi connectivity index (χ1n) is 7.80. The largest absolute Gasteiger partial charge is 0.356 e. The van der Waals surface area contributed by atoms with Crippen molar-refractivity contribution in [1.29, 1.82) is 0 Å². The van der Waals surface area contributed by atoms with Crippen molar-refractivity contribution in [2.24, 2.45) is 0 Å². The molecule has 126 valence electrons. The zero-order chi connectivity index (χ0) is 17.6. The van der Waals surface area contributed by atoms with Crippen molar-refractivity contribution in [2.45, 2.75) is 6.42 Å². The highest BCUT2D eigenvalue weighted by Crippen LogP contribution is 2.19. The Kier molecular flexibility index (Phi) is 4.89. The number of hydrogen-bond donors (Lipinski definition) is 2. The molecular weight excluding hydrogens is 318 g/mol. The Morgan fingerprint density at radius 2 is 1.88 bits per heavy atom. The summed E-state index contributed by atoms with van der Waals surface area (Å²) in [6, 6.07) is 14.2. The van der Waals surface area contributed by atoms with Gasteiger partial charge >= 0.3 is 0 Å². The van der Waals surface area contributed by atoms with Crippen LogP contribution in [0.15, 0.2) is 65.7 Å². The van der Waals surface area contributed by atoms with Gasteiger partial charge in [-0.3, -0.25) is 9.59 Å². The summed E-state index contributed by atoms with van der Waals surface area (Å²) in [6.45, 7) is 3.92. The molecule has 0 fully saturated rings. The van der Waals surface area contributed by atoms with E-state index in [0.29, 0.717) is 29.1 Å². The van der Waals surface area contributed by atoms with Crippen LogP contribution in [0.25, 0.3) is 11.0 Å². The number of aromatic nitrogens is 1. The van der Waals surface area contributed by atoms with Gasteiger partial charge in [-0.05, 0) is 24.3 Å². The van der Waals surface area contributed by atoms with E-state index in [0.717, 1.165) is 5.39 Å². The standard InChI is InChI=1S/C19H17N3O3/c1-2-11-20-19(24)14-8-3-5-9-15(14)21-18(23)12-16-13-7-4-6-10-17(13)25-22-16/h2-10H,1,11-12H2,(H,20,24)(H,21,23). The normalized spacial score (nSPS) is 10.4. The zero-order valence-electron chi connectivity index (χ0n) is 13.5. The maximum atomic E-state index is 12.4. The lowest BCUT2D eigenvalue weighted by molar-refractivity contribution is -0.115. The predicted molar refractivity (Wildman–Crippen MR) is 95.3 cm³/mol. The molecule has 0 saturated carbocycles. The molecule has 6 heteroatoms. The van der Waals surface area contributed by atoms with Crippen LogP contribution in [0, 0.1) is 0 Å². The van der Waals surface area contributed by atoms with Crippen molar-refractivity contribution >= 4 is 28.5 Å². The number of fused-ring (bicyclic) bond motifs is 1. The minimum atomic E-state index is -0.275. The topological polar surface area (TPSA) is 84.2 Å². The highest BCUT2D eigenvalue weighted by molar-refractivity contribution is 6.04. The fourth-order valence-corrected chi connectivity index (χ4v) is 2.46. The van der Waals surface area contributed by atoms with Crippen LogP contribution in [-0.2, 0) is 11.2 Å². The summed E-state index contributed by atoms with van der Waals surface area (Å²) in [5.41, 5.74) is 2.03. The molecule has 3 aromatic rings. The van der Waals surface area contributed by atoms with Crippen LogP contribution in [0.1, 0.15) is 16.1 Å². The maximum absolute atomic E-state index is 12.4. The summed E-state index contributed by atoms with van der Waals surface area (Å²) >= 11 is 0. The molecule has 0 radical (unpaired) electrons. The van der Waals surface area contributed by atoms with Crippen LogP contribution in [0.3, 0.4) is 0 Å². The third-order valence-corrected chi connectivity index (χ3v) is 3.63. The molecule has 6 nitrogen and oxygen atoms in total. The fourth-order valence-electron chi connectivity index (χ4n) is 2.46. The first-order valence-corrected chi connectivity index (χ1v) is 7.80. The van der Waals surface area contributed by atoms with Crippen LogP contribution in [0.4, 0.5) is 5.69 Å². The average molecular weight is 335 g/mol. The number of nitrogens with zero attached hydrogens (tertiary/aromatic N) is 1. The van der Waals surface area contributed by atoms with Gasteiger partial charge in [0, 0.05) is 11.9 Å². The molecule has 3 rings (SSSR count). The summed E-state index contributed by atoms with van der Waals surface area (Å²) in [5.74, 6) is -0.550. The number of carbonyl (C=O) groups is 2. The SMILES string of the molecule is C=CCNC(=O)c1ccccc1NC(=O)Cc1noc2ccccc12. The van der Waals surface area contributed by atoms with E-state index in [9.17, 15) is 9.59 Å². The van der Waals surface area contributed by atoms with Gasteiger partial charge in [0.15, 0.2) is 5.58 Å². The Bertz CT molecular complexity index is 930. The summed E-state index contributed by atoms with van der Waals surface area (Å²) in [7, 11) is 0. The van der Waals surface area contributed by atoms with Gasteiger partial charge in [-0.1, -0.05) is 35.5 Å². The van der Waals surface area contributed by atoms with Crippen LogP contribution in [-0.4, -0.2) is 23.5 Å². The second-order valence-electron chi connectivity index (χ2n) is 5.39. The third kappa shape index (κ3) is 3.74. The molecule has 0 atom stereocenters. The molecule has 2 aromatic carbocycles. The lowest BCUT2D eigenvalue weighted by Crippen LogP contribution is -2.25. The van der Waals surface area contributed by atoms with E-state index in [-0.39, 0.29) is 18.2 Å². The highest BCUT2D eigenvalue weighted by atomic mass is 16.5. The number of para-hydroxylation sites is 2. The van der Waals surface area contributed by atoms with Crippen LogP contribution in [0.5, 0.6) is 0 Å². The van der Waals surface area contributed by atoms with Gasteiger partial charge in [-0.2, -0.15) is 0 Å². The number of carbonyl (C=O) groups excluding carboxylic acids is 2. The molecule has 2 amide bonds. The van der Waals surface area contributed by atoms with Gasteiger partial charge in [0.1, 0.15) is 5.69 Å². The van der Waals surface area contributed by atoms with Gasteiger partial charge in [0.25, 0.3) is 5.91 Å². The molecule has 0 bridgehead atoms. The molecule has 0 aliphatic heterocycles. The molecule has 0 aliphatic rings. The smallest absolute Gasteiger partial charge is 0.253 e. The first kappa shape index (κ1) is 16.4. The lowest BCUT2D eigenvalue weighted by Gasteiger charge is -2.10. The Hall–Kier alpha value is -3.41. The average Bonchev–Trinajstić information content (AvgIpc) is 3.03. The molecular formula is C19H17N3O3. The molecule has 0 aliphatic carbocycles. The lowest BCUT2D eigenvalue weighted by atomic mass is 10.1.